The molecule has 11 rings (SSSR count). The van der Waals surface area contributed by atoms with Gasteiger partial charge in [-0.05, 0) is 75.8 Å². The zero-order valence-electron chi connectivity index (χ0n) is 30.1. The number of nitrogens with zero attached hydrogens (tertiary/aromatic N) is 3. The third-order valence-corrected chi connectivity index (χ3v) is 10.6. The number of para-hydroxylation sites is 2. The summed E-state index contributed by atoms with van der Waals surface area (Å²) >= 11 is 0. The number of hydrogen-bond donors (Lipinski definition) is 0. The number of rotatable bonds is 6. The molecule has 0 atom stereocenters. The Balaban J connectivity index is 1.04. The summed E-state index contributed by atoms with van der Waals surface area (Å²) in [6.45, 7) is 0. The summed E-state index contributed by atoms with van der Waals surface area (Å²) in [7, 11) is 0. The van der Waals surface area contributed by atoms with Crippen LogP contribution in [0.4, 0.5) is 0 Å². The van der Waals surface area contributed by atoms with Crippen LogP contribution in [-0.4, -0.2) is 15.0 Å². The minimum Gasteiger partial charge on any atom is -0.456 e. The standard InChI is InChI=1S/C51H31N3O2/c1-2-9-35(10-3-1)44-30-45(54-51(53-44)36-22-20-33(21-23-36)32-16-18-34(19-17-32)38-11-8-28-52-31-38)41-26-25-39(49-42-13-5-7-15-47(42)56-50(41)49)37-24-27-48-43(29-37)40-12-4-6-14-46(40)55-48/h1-31H. The van der Waals surface area contributed by atoms with Crippen molar-refractivity contribution in [2.45, 2.75) is 0 Å². The van der Waals surface area contributed by atoms with Crippen molar-refractivity contribution >= 4 is 43.9 Å². The van der Waals surface area contributed by atoms with Gasteiger partial charge in [0.1, 0.15) is 22.3 Å². The van der Waals surface area contributed by atoms with Crippen molar-refractivity contribution in [3.63, 3.8) is 0 Å². The molecule has 0 aliphatic carbocycles. The van der Waals surface area contributed by atoms with Crippen molar-refractivity contribution in [1.82, 2.24) is 15.0 Å². The number of benzene rings is 7. The molecule has 0 spiro atoms. The second-order valence-corrected chi connectivity index (χ2v) is 14.0. The van der Waals surface area contributed by atoms with E-state index in [0.717, 1.165) is 105 Å². The largest absolute Gasteiger partial charge is 0.456 e. The predicted molar refractivity (Wildman–Crippen MR) is 227 cm³/mol. The van der Waals surface area contributed by atoms with Crippen LogP contribution < -0.4 is 0 Å². The molecule has 0 N–H and O–H groups in total. The van der Waals surface area contributed by atoms with E-state index in [-0.39, 0.29) is 0 Å². The van der Waals surface area contributed by atoms with E-state index >= 15 is 0 Å². The zero-order valence-corrected chi connectivity index (χ0v) is 30.1. The van der Waals surface area contributed by atoms with Gasteiger partial charge in [-0.15, -0.1) is 0 Å². The van der Waals surface area contributed by atoms with Crippen LogP contribution in [0.1, 0.15) is 0 Å². The molecule has 0 radical (unpaired) electrons. The summed E-state index contributed by atoms with van der Waals surface area (Å²) in [5, 5.41) is 4.29. The summed E-state index contributed by atoms with van der Waals surface area (Å²) in [5.74, 6) is 0.644. The van der Waals surface area contributed by atoms with Gasteiger partial charge in [-0.2, -0.15) is 0 Å². The molecule has 262 valence electrons. The normalized spacial score (nSPS) is 11.6. The van der Waals surface area contributed by atoms with Gasteiger partial charge in [0.25, 0.3) is 0 Å². The Morgan fingerprint density at radius 3 is 1.70 bits per heavy atom. The molecule has 0 unspecified atom stereocenters. The highest BCUT2D eigenvalue weighted by molar-refractivity contribution is 6.17. The van der Waals surface area contributed by atoms with Crippen LogP contribution in [0.15, 0.2) is 197 Å². The fourth-order valence-electron chi connectivity index (χ4n) is 7.84. The van der Waals surface area contributed by atoms with Crippen molar-refractivity contribution in [3.05, 3.63) is 188 Å². The van der Waals surface area contributed by atoms with Crippen LogP contribution in [0.25, 0.3) is 111 Å². The molecule has 0 saturated heterocycles. The van der Waals surface area contributed by atoms with Crippen molar-refractivity contribution in [1.29, 1.82) is 0 Å². The number of pyridine rings is 1. The molecule has 4 heterocycles. The molecule has 5 heteroatoms. The topological polar surface area (TPSA) is 65.0 Å². The van der Waals surface area contributed by atoms with Crippen LogP contribution in [0.3, 0.4) is 0 Å². The first-order valence-corrected chi connectivity index (χ1v) is 18.7. The van der Waals surface area contributed by atoms with Crippen LogP contribution in [0.5, 0.6) is 0 Å². The fraction of sp³-hybridized carbons (Fsp3) is 0. The first-order valence-electron chi connectivity index (χ1n) is 18.7. The summed E-state index contributed by atoms with van der Waals surface area (Å²) < 4.78 is 12.9. The summed E-state index contributed by atoms with van der Waals surface area (Å²) in [4.78, 5) is 14.6. The maximum absolute atomic E-state index is 6.75. The van der Waals surface area contributed by atoms with Crippen LogP contribution in [-0.2, 0) is 0 Å². The van der Waals surface area contributed by atoms with E-state index in [1.165, 1.54) is 0 Å². The van der Waals surface area contributed by atoms with Gasteiger partial charge in [0.15, 0.2) is 5.82 Å². The van der Waals surface area contributed by atoms with E-state index in [0.29, 0.717) is 5.82 Å². The highest BCUT2D eigenvalue weighted by atomic mass is 16.3. The van der Waals surface area contributed by atoms with Crippen LogP contribution in [0.2, 0.25) is 0 Å². The SMILES string of the molecule is c1ccc(-c2cc(-c3ccc(-c4ccc5oc6ccccc6c5c4)c4c3oc3ccccc34)nc(-c3ccc(-c4ccc(-c5cccnc5)cc4)cc3)n2)cc1. The second kappa shape index (κ2) is 13.0. The summed E-state index contributed by atoms with van der Waals surface area (Å²) in [6, 6.07) is 60.7. The molecule has 5 nitrogen and oxygen atoms in total. The lowest BCUT2D eigenvalue weighted by atomic mass is 9.95. The van der Waals surface area contributed by atoms with Gasteiger partial charge < -0.3 is 8.83 Å². The molecule has 4 aromatic heterocycles. The molecule has 11 aromatic rings. The quantitative estimate of drug-likeness (QED) is 0.171. The molecule has 56 heavy (non-hydrogen) atoms. The van der Waals surface area contributed by atoms with E-state index in [4.69, 9.17) is 18.8 Å². The van der Waals surface area contributed by atoms with Crippen molar-refractivity contribution in [2.24, 2.45) is 0 Å². The Hall–Kier alpha value is -7.63. The average Bonchev–Trinajstić information content (AvgIpc) is 3.85. The molecule has 7 aromatic carbocycles. The minimum absolute atomic E-state index is 0.644. The molecular formula is C51H31N3O2. The van der Waals surface area contributed by atoms with Gasteiger partial charge >= 0.3 is 0 Å². The predicted octanol–water partition coefficient (Wildman–Crippen LogP) is 13.7. The molecule has 0 bridgehead atoms. The van der Waals surface area contributed by atoms with Gasteiger partial charge in [-0.25, -0.2) is 9.97 Å². The highest BCUT2D eigenvalue weighted by Gasteiger charge is 2.20. The maximum atomic E-state index is 6.75. The first kappa shape index (κ1) is 31.9. The number of fused-ring (bicyclic) bond motifs is 6. The zero-order chi connectivity index (χ0) is 37.0. The Bertz CT molecular complexity index is 3220. The molecule has 0 fully saturated rings. The van der Waals surface area contributed by atoms with E-state index in [1.54, 1.807) is 6.20 Å². The third-order valence-electron chi connectivity index (χ3n) is 10.6. The molecular weight excluding hydrogens is 687 g/mol. The van der Waals surface area contributed by atoms with Crippen molar-refractivity contribution in [2.75, 3.05) is 0 Å². The van der Waals surface area contributed by atoms with E-state index in [9.17, 15) is 0 Å². The van der Waals surface area contributed by atoms with Crippen LogP contribution in [0, 0.1) is 0 Å². The third kappa shape index (κ3) is 5.45. The van der Waals surface area contributed by atoms with Crippen molar-refractivity contribution in [3.8, 4) is 67.3 Å². The first-order chi connectivity index (χ1) is 27.7. The highest BCUT2D eigenvalue weighted by Crippen LogP contribution is 2.43. The van der Waals surface area contributed by atoms with Gasteiger partial charge in [0.05, 0.1) is 11.4 Å². The van der Waals surface area contributed by atoms with E-state index in [2.05, 4.69) is 132 Å². The van der Waals surface area contributed by atoms with Gasteiger partial charge in [-0.1, -0.05) is 133 Å². The van der Waals surface area contributed by atoms with E-state index < -0.39 is 0 Å². The Labute approximate surface area is 322 Å². The smallest absolute Gasteiger partial charge is 0.160 e. The number of hydrogen-bond acceptors (Lipinski definition) is 5. The molecule has 0 aliphatic heterocycles. The molecule has 0 aliphatic rings. The lowest BCUT2D eigenvalue weighted by Gasteiger charge is -2.12. The lowest BCUT2D eigenvalue weighted by molar-refractivity contribution is 0.669. The monoisotopic (exact) mass is 717 g/mol. The van der Waals surface area contributed by atoms with Crippen LogP contribution >= 0.6 is 0 Å². The Morgan fingerprint density at radius 2 is 0.946 bits per heavy atom. The Kier molecular flexibility index (Phi) is 7.42. The summed E-state index contributed by atoms with van der Waals surface area (Å²) in [6.07, 6.45) is 3.68. The maximum Gasteiger partial charge on any atom is 0.160 e. The second-order valence-electron chi connectivity index (χ2n) is 14.0. The van der Waals surface area contributed by atoms with Gasteiger partial charge in [0, 0.05) is 50.6 Å². The number of furan rings is 2. The van der Waals surface area contributed by atoms with Gasteiger partial charge in [-0.3, -0.25) is 4.98 Å². The molecule has 0 amide bonds. The average molecular weight is 718 g/mol. The minimum atomic E-state index is 0.644. The van der Waals surface area contributed by atoms with E-state index in [1.807, 2.05) is 54.7 Å². The Morgan fingerprint density at radius 1 is 0.357 bits per heavy atom. The lowest BCUT2D eigenvalue weighted by Crippen LogP contribution is -1.96. The van der Waals surface area contributed by atoms with Crippen molar-refractivity contribution < 1.29 is 8.83 Å². The summed E-state index contributed by atoms with van der Waals surface area (Å²) in [5.41, 5.74) is 14.5. The van der Waals surface area contributed by atoms with Gasteiger partial charge in [0.2, 0.25) is 0 Å². The molecule has 0 saturated carbocycles. The fourth-order valence-corrected chi connectivity index (χ4v) is 7.84. The number of aromatic nitrogens is 3.